The highest BCUT2D eigenvalue weighted by Crippen LogP contribution is 2.36. The fourth-order valence-corrected chi connectivity index (χ4v) is 2.33. The minimum atomic E-state index is -4.75. The van der Waals surface area contributed by atoms with Gasteiger partial charge in [0.1, 0.15) is 0 Å². The van der Waals surface area contributed by atoms with Gasteiger partial charge in [-0.25, -0.2) is 4.68 Å². The number of benzene rings is 1. The molecule has 1 heterocycles. The lowest BCUT2D eigenvalue weighted by molar-refractivity contribution is -0.387. The van der Waals surface area contributed by atoms with Crippen LogP contribution in [0.1, 0.15) is 11.4 Å². The standard InChI is InChI=1S/C10H8F3N5O2S/c1-5-2-3-7(6(4-5)18(19)20)21-9-16-15-8(17(9)14)10(11,12)13/h2-4H,14H2,1H3. The number of aromatic nitrogens is 3. The molecule has 0 unspecified atom stereocenters. The molecule has 0 saturated heterocycles. The molecule has 7 nitrogen and oxygen atoms in total. The van der Waals surface area contributed by atoms with Gasteiger partial charge in [-0.3, -0.25) is 10.1 Å². The summed E-state index contributed by atoms with van der Waals surface area (Å²) >= 11 is 0.637. The van der Waals surface area contributed by atoms with Crippen molar-refractivity contribution in [3.8, 4) is 0 Å². The second-order valence-electron chi connectivity index (χ2n) is 4.00. The molecule has 0 radical (unpaired) electrons. The van der Waals surface area contributed by atoms with Gasteiger partial charge < -0.3 is 5.84 Å². The van der Waals surface area contributed by atoms with E-state index in [-0.39, 0.29) is 20.4 Å². The summed E-state index contributed by atoms with van der Waals surface area (Å²) in [6, 6.07) is 4.32. The average Bonchev–Trinajstić information content (AvgIpc) is 2.72. The van der Waals surface area contributed by atoms with Crippen molar-refractivity contribution >= 4 is 17.4 Å². The van der Waals surface area contributed by atoms with E-state index in [1.54, 1.807) is 13.0 Å². The zero-order valence-electron chi connectivity index (χ0n) is 10.5. The molecule has 0 saturated carbocycles. The van der Waals surface area contributed by atoms with Crippen molar-refractivity contribution in [3.63, 3.8) is 0 Å². The van der Waals surface area contributed by atoms with Crippen molar-refractivity contribution in [3.05, 3.63) is 39.7 Å². The van der Waals surface area contributed by atoms with Crippen LogP contribution in [0, 0.1) is 17.0 Å². The first-order chi connectivity index (χ1) is 9.70. The lowest BCUT2D eigenvalue weighted by Gasteiger charge is -2.06. The Balaban J connectivity index is 2.40. The Morgan fingerprint density at radius 3 is 2.57 bits per heavy atom. The Labute approximate surface area is 120 Å². The van der Waals surface area contributed by atoms with E-state index in [9.17, 15) is 23.3 Å². The quantitative estimate of drug-likeness (QED) is 0.529. The van der Waals surface area contributed by atoms with Crippen molar-refractivity contribution in [2.75, 3.05) is 5.84 Å². The molecule has 2 rings (SSSR count). The maximum Gasteiger partial charge on any atom is 0.453 e. The maximum atomic E-state index is 12.5. The highest BCUT2D eigenvalue weighted by molar-refractivity contribution is 7.99. The predicted molar refractivity (Wildman–Crippen MR) is 67.1 cm³/mol. The van der Waals surface area contributed by atoms with Crippen molar-refractivity contribution in [1.29, 1.82) is 0 Å². The maximum absolute atomic E-state index is 12.5. The second-order valence-corrected chi connectivity index (χ2v) is 5.01. The molecule has 2 N–H and O–H groups in total. The number of nitrogen functional groups attached to an aromatic ring is 1. The number of hydrogen-bond donors (Lipinski definition) is 1. The molecule has 0 bridgehead atoms. The van der Waals surface area contributed by atoms with Crippen LogP contribution in [0.4, 0.5) is 18.9 Å². The first-order valence-corrected chi connectivity index (χ1v) is 6.22. The van der Waals surface area contributed by atoms with Crippen LogP contribution in [0.15, 0.2) is 28.3 Å². The van der Waals surface area contributed by atoms with Gasteiger partial charge >= 0.3 is 6.18 Å². The number of nitrogens with two attached hydrogens (primary N) is 1. The van der Waals surface area contributed by atoms with Gasteiger partial charge in [0.25, 0.3) is 11.5 Å². The number of nitrogens with zero attached hydrogens (tertiary/aromatic N) is 4. The fraction of sp³-hybridized carbons (Fsp3) is 0.200. The highest BCUT2D eigenvalue weighted by Gasteiger charge is 2.38. The Bertz CT molecular complexity index is 700. The number of nitro groups is 1. The van der Waals surface area contributed by atoms with E-state index >= 15 is 0 Å². The molecule has 0 aliphatic heterocycles. The molecule has 0 atom stereocenters. The third kappa shape index (κ3) is 3.07. The number of nitro benzene ring substituents is 1. The van der Waals surface area contributed by atoms with Gasteiger partial charge in [0.2, 0.25) is 5.16 Å². The van der Waals surface area contributed by atoms with E-state index in [1.807, 2.05) is 0 Å². The van der Waals surface area contributed by atoms with Gasteiger partial charge in [-0.05, 0) is 30.3 Å². The average molecular weight is 319 g/mol. The predicted octanol–water partition coefficient (Wildman–Crippen LogP) is 2.38. The molecule has 0 spiro atoms. The molecule has 0 aliphatic carbocycles. The Morgan fingerprint density at radius 2 is 2.05 bits per heavy atom. The summed E-state index contributed by atoms with van der Waals surface area (Å²) < 4.78 is 37.9. The third-order valence-corrected chi connectivity index (χ3v) is 3.46. The molecular formula is C10H8F3N5O2S. The summed E-state index contributed by atoms with van der Waals surface area (Å²) in [7, 11) is 0. The van der Waals surface area contributed by atoms with E-state index in [4.69, 9.17) is 5.84 Å². The van der Waals surface area contributed by atoms with Gasteiger partial charge in [-0.1, -0.05) is 6.07 Å². The van der Waals surface area contributed by atoms with Crippen molar-refractivity contribution in [1.82, 2.24) is 14.9 Å². The van der Waals surface area contributed by atoms with Crippen molar-refractivity contribution in [2.24, 2.45) is 0 Å². The zero-order valence-corrected chi connectivity index (χ0v) is 11.3. The van der Waals surface area contributed by atoms with Gasteiger partial charge in [0, 0.05) is 6.07 Å². The number of aryl methyl sites for hydroxylation is 1. The molecule has 1 aromatic heterocycles. The van der Waals surface area contributed by atoms with E-state index in [0.717, 1.165) is 0 Å². The van der Waals surface area contributed by atoms with E-state index < -0.39 is 16.9 Å². The first kappa shape index (κ1) is 15.1. The molecule has 0 aliphatic rings. The highest BCUT2D eigenvalue weighted by atomic mass is 32.2. The van der Waals surface area contributed by atoms with Crippen LogP contribution in [0.2, 0.25) is 0 Å². The normalized spacial score (nSPS) is 11.6. The molecule has 1 aromatic carbocycles. The van der Waals surface area contributed by atoms with Gasteiger partial charge in [0.05, 0.1) is 9.82 Å². The lowest BCUT2D eigenvalue weighted by Crippen LogP contribution is -2.21. The second kappa shape index (κ2) is 5.24. The Hall–Kier alpha value is -2.30. The summed E-state index contributed by atoms with van der Waals surface area (Å²) in [5.41, 5.74) is 0.410. The minimum Gasteiger partial charge on any atom is -0.335 e. The summed E-state index contributed by atoms with van der Waals surface area (Å²) in [5.74, 6) is 3.90. The summed E-state index contributed by atoms with van der Waals surface area (Å²) in [5, 5.41) is 16.9. The summed E-state index contributed by atoms with van der Waals surface area (Å²) in [6.07, 6.45) is -4.75. The fourth-order valence-electron chi connectivity index (χ4n) is 1.49. The van der Waals surface area contributed by atoms with E-state index in [0.29, 0.717) is 17.3 Å². The van der Waals surface area contributed by atoms with Gasteiger partial charge in [0.15, 0.2) is 0 Å². The number of halogens is 3. The third-order valence-electron chi connectivity index (χ3n) is 2.43. The number of alkyl halides is 3. The largest absolute Gasteiger partial charge is 0.453 e. The zero-order chi connectivity index (χ0) is 15.8. The van der Waals surface area contributed by atoms with E-state index in [1.165, 1.54) is 12.1 Å². The van der Waals surface area contributed by atoms with Crippen LogP contribution in [-0.2, 0) is 6.18 Å². The topological polar surface area (TPSA) is 99.9 Å². The molecule has 2 aromatic rings. The van der Waals surface area contributed by atoms with Crippen molar-refractivity contribution < 1.29 is 18.1 Å². The Kier molecular flexibility index (Phi) is 3.77. The van der Waals surface area contributed by atoms with Gasteiger partial charge in [-0.15, -0.1) is 10.2 Å². The molecule has 11 heteroatoms. The van der Waals surface area contributed by atoms with Gasteiger partial charge in [-0.2, -0.15) is 13.2 Å². The lowest BCUT2D eigenvalue weighted by atomic mass is 10.2. The minimum absolute atomic E-state index is 0.124. The first-order valence-electron chi connectivity index (χ1n) is 5.40. The van der Waals surface area contributed by atoms with Crippen molar-refractivity contribution in [2.45, 2.75) is 23.2 Å². The molecule has 0 fully saturated rings. The van der Waals surface area contributed by atoms with Crippen LogP contribution in [-0.4, -0.2) is 19.8 Å². The number of rotatable bonds is 3. The summed E-state index contributed by atoms with van der Waals surface area (Å²) in [4.78, 5) is 10.4. The van der Waals surface area contributed by atoms with Crippen LogP contribution >= 0.6 is 11.8 Å². The molecular weight excluding hydrogens is 311 g/mol. The van der Waals surface area contributed by atoms with E-state index in [2.05, 4.69) is 10.2 Å². The van der Waals surface area contributed by atoms with Crippen LogP contribution in [0.25, 0.3) is 0 Å². The smallest absolute Gasteiger partial charge is 0.335 e. The monoisotopic (exact) mass is 319 g/mol. The summed E-state index contributed by atoms with van der Waals surface area (Å²) in [6.45, 7) is 1.66. The molecule has 21 heavy (non-hydrogen) atoms. The van der Waals surface area contributed by atoms with Crippen LogP contribution < -0.4 is 5.84 Å². The van der Waals surface area contributed by atoms with Crippen LogP contribution in [0.3, 0.4) is 0 Å². The number of hydrogen-bond acceptors (Lipinski definition) is 6. The molecule has 112 valence electrons. The molecule has 0 amide bonds. The van der Waals surface area contributed by atoms with Crippen LogP contribution in [0.5, 0.6) is 0 Å². The SMILES string of the molecule is Cc1ccc(Sc2nnc(C(F)(F)F)n2N)c([N+](=O)[O-])c1. The Morgan fingerprint density at radius 1 is 1.38 bits per heavy atom.